The maximum absolute atomic E-state index is 14.4. The fraction of sp³-hybridized carbons (Fsp3) is 0.375. The van der Waals surface area contributed by atoms with E-state index in [2.05, 4.69) is 27.2 Å². The van der Waals surface area contributed by atoms with E-state index in [0.29, 0.717) is 30.5 Å². The van der Waals surface area contributed by atoms with E-state index >= 15 is 0 Å². The number of benzene rings is 2. The van der Waals surface area contributed by atoms with Crippen LogP contribution in [-0.2, 0) is 9.53 Å². The van der Waals surface area contributed by atoms with Gasteiger partial charge in [0.2, 0.25) is 11.9 Å². The molecule has 178 valence electrons. The van der Waals surface area contributed by atoms with Crippen LogP contribution in [0.3, 0.4) is 0 Å². The monoisotopic (exact) mass is 499 g/mol. The molecule has 2 aromatic carbocycles. The van der Waals surface area contributed by atoms with E-state index in [0.717, 1.165) is 30.5 Å². The maximum atomic E-state index is 14.4. The third-order valence-electron chi connectivity index (χ3n) is 5.91. The molecule has 2 fully saturated rings. The standard InChI is InChI=1S/C24H26FN5O2S2/c1-17-6-8-18(9-7-17)30-23(28-10-13-32-14-11-28)26-27-24(30)34-16-21(31)29-12-15-33-22(29)19-4-2-3-5-20(19)25/h2-9,22H,10-16H2,1H3/t22-/m1/s1. The van der Waals surface area contributed by atoms with E-state index in [1.165, 1.54) is 23.4 Å². The van der Waals surface area contributed by atoms with E-state index < -0.39 is 0 Å². The third-order valence-corrected chi connectivity index (χ3v) is 8.07. The number of amides is 1. The van der Waals surface area contributed by atoms with Gasteiger partial charge in [0.05, 0.1) is 24.7 Å². The van der Waals surface area contributed by atoms with E-state index in [4.69, 9.17) is 4.74 Å². The molecule has 0 bridgehead atoms. The van der Waals surface area contributed by atoms with Gasteiger partial charge in [-0.25, -0.2) is 4.39 Å². The van der Waals surface area contributed by atoms with Gasteiger partial charge in [-0.05, 0) is 25.1 Å². The molecule has 2 aliphatic heterocycles. The molecule has 2 aliphatic rings. The van der Waals surface area contributed by atoms with Gasteiger partial charge >= 0.3 is 0 Å². The molecular weight excluding hydrogens is 473 g/mol. The third kappa shape index (κ3) is 4.80. The van der Waals surface area contributed by atoms with Crippen molar-refractivity contribution in [1.29, 1.82) is 0 Å². The van der Waals surface area contributed by atoms with E-state index in [1.54, 1.807) is 28.8 Å². The SMILES string of the molecule is Cc1ccc(-n2c(SCC(=O)N3CCS[C@@H]3c3ccccc3F)nnc2N2CCOCC2)cc1. The number of carbonyl (C=O) groups excluding carboxylic acids is 1. The molecule has 0 radical (unpaired) electrons. The number of hydrogen-bond acceptors (Lipinski definition) is 7. The molecule has 1 aromatic heterocycles. The molecule has 2 saturated heterocycles. The molecule has 1 amide bonds. The van der Waals surface area contributed by atoms with Gasteiger partial charge in [0.15, 0.2) is 5.16 Å². The van der Waals surface area contributed by atoms with Crippen molar-refractivity contribution in [3.8, 4) is 5.69 Å². The lowest BCUT2D eigenvalue weighted by molar-refractivity contribution is -0.128. The predicted molar refractivity (Wildman–Crippen MR) is 133 cm³/mol. The zero-order valence-corrected chi connectivity index (χ0v) is 20.5. The van der Waals surface area contributed by atoms with Crippen molar-refractivity contribution in [2.45, 2.75) is 17.5 Å². The summed E-state index contributed by atoms with van der Waals surface area (Å²) < 4.78 is 21.9. The number of nitrogens with zero attached hydrogens (tertiary/aromatic N) is 5. The molecular formula is C24H26FN5O2S2. The normalized spacial score (nSPS) is 18.5. The van der Waals surface area contributed by atoms with Gasteiger partial charge in [-0.1, -0.05) is 47.7 Å². The highest BCUT2D eigenvalue weighted by atomic mass is 32.2. The summed E-state index contributed by atoms with van der Waals surface area (Å²) in [7, 11) is 0. The first-order chi connectivity index (χ1) is 16.6. The van der Waals surface area contributed by atoms with E-state index in [1.807, 2.05) is 29.7 Å². The molecule has 34 heavy (non-hydrogen) atoms. The summed E-state index contributed by atoms with van der Waals surface area (Å²) in [5.41, 5.74) is 2.67. The molecule has 1 atom stereocenters. The minimum atomic E-state index is -0.298. The van der Waals surface area contributed by atoms with Crippen LogP contribution in [0.25, 0.3) is 5.69 Å². The molecule has 3 aromatic rings. The van der Waals surface area contributed by atoms with Gasteiger partial charge < -0.3 is 14.5 Å². The minimum absolute atomic E-state index is 0.0327. The summed E-state index contributed by atoms with van der Waals surface area (Å²) in [6.07, 6.45) is 0. The molecule has 7 nitrogen and oxygen atoms in total. The number of halogens is 1. The number of thioether (sulfide) groups is 2. The average molecular weight is 500 g/mol. The van der Waals surface area contributed by atoms with Crippen LogP contribution in [0.4, 0.5) is 10.3 Å². The lowest BCUT2D eigenvalue weighted by Crippen LogP contribution is -2.38. The zero-order valence-electron chi connectivity index (χ0n) is 18.9. The van der Waals surface area contributed by atoms with Crippen LogP contribution in [0.2, 0.25) is 0 Å². The van der Waals surface area contributed by atoms with Crippen LogP contribution in [0.5, 0.6) is 0 Å². The summed E-state index contributed by atoms with van der Waals surface area (Å²) in [5.74, 6) is 1.44. The van der Waals surface area contributed by atoms with Gasteiger partial charge in [-0.15, -0.1) is 22.0 Å². The van der Waals surface area contributed by atoms with Crippen LogP contribution in [0.1, 0.15) is 16.5 Å². The van der Waals surface area contributed by atoms with Gasteiger partial charge in [0.1, 0.15) is 11.2 Å². The highest BCUT2D eigenvalue weighted by Gasteiger charge is 2.32. The van der Waals surface area contributed by atoms with Crippen LogP contribution in [-0.4, -0.2) is 69.9 Å². The summed E-state index contributed by atoms with van der Waals surface area (Å²) in [5, 5.41) is 9.27. The second-order valence-electron chi connectivity index (χ2n) is 8.17. The van der Waals surface area contributed by atoms with Crippen molar-refractivity contribution < 1.29 is 13.9 Å². The van der Waals surface area contributed by atoms with Crippen molar-refractivity contribution in [3.63, 3.8) is 0 Å². The number of hydrogen-bond donors (Lipinski definition) is 0. The smallest absolute Gasteiger partial charge is 0.234 e. The number of anilines is 1. The Kier molecular flexibility index (Phi) is 7.07. The van der Waals surface area contributed by atoms with Crippen LogP contribution in [0, 0.1) is 12.7 Å². The van der Waals surface area contributed by atoms with Crippen LogP contribution >= 0.6 is 23.5 Å². The Hall–Kier alpha value is -2.56. The molecule has 10 heteroatoms. The highest BCUT2D eigenvalue weighted by Crippen LogP contribution is 2.39. The molecule has 0 aliphatic carbocycles. The fourth-order valence-electron chi connectivity index (χ4n) is 4.11. The Bertz CT molecular complexity index is 1150. The fourth-order valence-corrected chi connectivity index (χ4v) is 6.24. The Morgan fingerprint density at radius 2 is 1.88 bits per heavy atom. The number of morpholine rings is 1. The number of carbonyl (C=O) groups is 1. The molecule has 0 saturated carbocycles. The number of ether oxygens (including phenoxy) is 1. The topological polar surface area (TPSA) is 63.5 Å². The predicted octanol–water partition coefficient (Wildman–Crippen LogP) is 3.92. The zero-order chi connectivity index (χ0) is 23.5. The Balaban J connectivity index is 1.37. The van der Waals surface area contributed by atoms with E-state index in [9.17, 15) is 9.18 Å². The van der Waals surface area contributed by atoms with Gasteiger partial charge in [0, 0.05) is 31.0 Å². The molecule has 0 N–H and O–H groups in total. The lowest BCUT2D eigenvalue weighted by atomic mass is 10.2. The van der Waals surface area contributed by atoms with Crippen molar-refractivity contribution in [2.75, 3.05) is 49.3 Å². The average Bonchev–Trinajstić information content (AvgIpc) is 3.52. The molecule has 5 rings (SSSR count). The van der Waals surface area contributed by atoms with Gasteiger partial charge in [-0.2, -0.15) is 0 Å². The molecule has 0 spiro atoms. The summed E-state index contributed by atoms with van der Waals surface area (Å²) in [4.78, 5) is 17.1. The first kappa shape index (κ1) is 23.2. The quantitative estimate of drug-likeness (QED) is 0.477. The number of aromatic nitrogens is 3. The molecule has 0 unspecified atom stereocenters. The summed E-state index contributed by atoms with van der Waals surface area (Å²) >= 11 is 2.96. The number of aryl methyl sites for hydroxylation is 1. The van der Waals surface area contributed by atoms with Gasteiger partial charge in [0.25, 0.3) is 0 Å². The second kappa shape index (κ2) is 10.4. The van der Waals surface area contributed by atoms with Crippen molar-refractivity contribution >= 4 is 35.4 Å². The van der Waals surface area contributed by atoms with Gasteiger partial charge in [-0.3, -0.25) is 9.36 Å². The minimum Gasteiger partial charge on any atom is -0.378 e. The highest BCUT2D eigenvalue weighted by molar-refractivity contribution is 8.00. The maximum Gasteiger partial charge on any atom is 0.234 e. The first-order valence-corrected chi connectivity index (χ1v) is 13.3. The van der Waals surface area contributed by atoms with Crippen LogP contribution in [0.15, 0.2) is 53.7 Å². The van der Waals surface area contributed by atoms with Crippen molar-refractivity contribution in [3.05, 3.63) is 65.5 Å². The first-order valence-electron chi connectivity index (χ1n) is 11.3. The van der Waals surface area contributed by atoms with E-state index in [-0.39, 0.29) is 22.9 Å². The molecule has 3 heterocycles. The number of rotatable bonds is 6. The van der Waals surface area contributed by atoms with Crippen molar-refractivity contribution in [2.24, 2.45) is 0 Å². The summed E-state index contributed by atoms with van der Waals surface area (Å²) in [6, 6.07) is 14.9. The van der Waals surface area contributed by atoms with Crippen LogP contribution < -0.4 is 4.90 Å². The lowest BCUT2D eigenvalue weighted by Gasteiger charge is -2.28. The Morgan fingerprint density at radius 3 is 2.65 bits per heavy atom. The second-order valence-corrected chi connectivity index (χ2v) is 10.3. The Morgan fingerprint density at radius 1 is 1.12 bits per heavy atom. The summed E-state index contributed by atoms with van der Waals surface area (Å²) in [6.45, 7) is 5.42. The van der Waals surface area contributed by atoms with Crippen molar-refractivity contribution in [1.82, 2.24) is 19.7 Å². The Labute approximate surface area is 206 Å². The largest absolute Gasteiger partial charge is 0.378 e.